The lowest BCUT2D eigenvalue weighted by atomic mass is 9.58. The van der Waals surface area contributed by atoms with Crippen molar-refractivity contribution in [1.82, 2.24) is 0 Å². The molecule has 1 aliphatic heterocycles. The van der Waals surface area contributed by atoms with Gasteiger partial charge in [0.25, 0.3) is 0 Å². The molecule has 1 aliphatic carbocycles. The number of anilines is 1. The summed E-state index contributed by atoms with van der Waals surface area (Å²) in [5.41, 5.74) is 4.79. The van der Waals surface area contributed by atoms with Crippen molar-refractivity contribution < 1.29 is 4.84 Å². The Bertz CT molecular complexity index is 581. The second-order valence-electron chi connectivity index (χ2n) is 7.98. The van der Waals surface area contributed by atoms with Crippen LogP contribution in [0.5, 0.6) is 0 Å². The second kappa shape index (κ2) is 4.36. The molecule has 0 saturated carbocycles. The van der Waals surface area contributed by atoms with Gasteiger partial charge in [0, 0.05) is 0 Å². The highest BCUT2D eigenvalue weighted by atomic mass is 16.7. The summed E-state index contributed by atoms with van der Waals surface area (Å²) in [6.45, 7) is 15.9. The molecule has 114 valence electrons. The Labute approximate surface area is 128 Å². The van der Waals surface area contributed by atoms with Crippen molar-refractivity contribution in [3.05, 3.63) is 41.5 Å². The highest BCUT2D eigenvalue weighted by Gasteiger charge is 2.59. The fraction of sp³-hybridized carbons (Fsp3) is 0.579. The molecule has 2 heteroatoms. The maximum atomic E-state index is 6.08. The highest BCUT2D eigenvalue weighted by molar-refractivity contribution is 5.50. The Morgan fingerprint density at radius 2 is 1.43 bits per heavy atom. The third-order valence-corrected chi connectivity index (χ3v) is 6.71. The van der Waals surface area contributed by atoms with E-state index in [0.29, 0.717) is 6.61 Å². The summed E-state index contributed by atoms with van der Waals surface area (Å²) in [4.78, 5) is 6.08. The molecule has 3 rings (SSSR count). The Kier molecular flexibility index (Phi) is 3.04. The van der Waals surface area contributed by atoms with Gasteiger partial charge in [0.2, 0.25) is 0 Å². The summed E-state index contributed by atoms with van der Waals surface area (Å²) in [7, 11) is 0. The fourth-order valence-corrected chi connectivity index (χ4v) is 3.94. The molecule has 2 nitrogen and oxygen atoms in total. The minimum absolute atomic E-state index is 0.175. The number of nitrogens with zero attached hydrogens (tertiary/aromatic N) is 1. The molecular weight excluding hydrogens is 258 g/mol. The molecule has 1 aromatic rings. The molecule has 0 bridgehead atoms. The van der Waals surface area contributed by atoms with Crippen LogP contribution < -0.4 is 5.06 Å². The quantitative estimate of drug-likeness (QED) is 0.685. The van der Waals surface area contributed by atoms with E-state index >= 15 is 0 Å². The van der Waals surface area contributed by atoms with Gasteiger partial charge in [-0.3, -0.25) is 4.84 Å². The SMILES string of the molecule is CC1(C)C2=C(CN(c3ccccc3)OC2)C(C)(C)C1(C)C. The van der Waals surface area contributed by atoms with Crippen LogP contribution in [0.1, 0.15) is 41.5 Å². The zero-order valence-electron chi connectivity index (χ0n) is 14.2. The van der Waals surface area contributed by atoms with Gasteiger partial charge in [-0.2, -0.15) is 0 Å². The van der Waals surface area contributed by atoms with E-state index in [4.69, 9.17) is 4.84 Å². The van der Waals surface area contributed by atoms with Crippen molar-refractivity contribution >= 4 is 5.69 Å². The third-order valence-electron chi connectivity index (χ3n) is 6.71. The fourth-order valence-electron chi connectivity index (χ4n) is 3.94. The van der Waals surface area contributed by atoms with E-state index < -0.39 is 0 Å². The van der Waals surface area contributed by atoms with Crippen molar-refractivity contribution in [2.24, 2.45) is 16.2 Å². The van der Waals surface area contributed by atoms with Crippen LogP contribution in [0, 0.1) is 16.2 Å². The zero-order valence-corrected chi connectivity index (χ0v) is 14.2. The summed E-state index contributed by atoms with van der Waals surface area (Å²) in [6.07, 6.45) is 0. The second-order valence-corrected chi connectivity index (χ2v) is 7.98. The largest absolute Gasteiger partial charge is 0.269 e. The highest BCUT2D eigenvalue weighted by Crippen LogP contribution is 2.65. The normalized spacial score (nSPS) is 25.9. The number of hydrogen-bond donors (Lipinski definition) is 0. The van der Waals surface area contributed by atoms with Crippen molar-refractivity contribution in [1.29, 1.82) is 0 Å². The summed E-state index contributed by atoms with van der Waals surface area (Å²) in [5.74, 6) is 0. The first kappa shape index (κ1) is 14.6. The molecule has 1 heterocycles. The van der Waals surface area contributed by atoms with Gasteiger partial charge in [0.05, 0.1) is 18.8 Å². The molecule has 0 amide bonds. The van der Waals surface area contributed by atoms with E-state index in [2.05, 4.69) is 70.9 Å². The lowest BCUT2D eigenvalue weighted by molar-refractivity contribution is 0.0568. The number of hydroxylamine groups is 1. The molecule has 0 N–H and O–H groups in total. The molecule has 2 aliphatic rings. The zero-order chi connectivity index (χ0) is 15.5. The topological polar surface area (TPSA) is 12.5 Å². The van der Waals surface area contributed by atoms with E-state index in [1.165, 1.54) is 5.57 Å². The van der Waals surface area contributed by atoms with Gasteiger partial charge in [0.15, 0.2) is 0 Å². The maximum absolute atomic E-state index is 6.08. The minimum atomic E-state index is 0.175. The molecule has 0 fully saturated rings. The van der Waals surface area contributed by atoms with Gasteiger partial charge >= 0.3 is 0 Å². The van der Waals surface area contributed by atoms with Crippen LogP contribution in [0.15, 0.2) is 41.5 Å². The smallest absolute Gasteiger partial charge is 0.0968 e. The lowest BCUT2D eigenvalue weighted by Crippen LogP contribution is -2.40. The average molecular weight is 285 g/mol. The predicted octanol–water partition coefficient (Wildman–Crippen LogP) is 4.83. The van der Waals surface area contributed by atoms with Gasteiger partial charge in [0.1, 0.15) is 0 Å². The summed E-state index contributed by atoms with van der Waals surface area (Å²) in [6, 6.07) is 10.4. The maximum Gasteiger partial charge on any atom is 0.0968 e. The first-order valence-electron chi connectivity index (χ1n) is 7.88. The first-order chi connectivity index (χ1) is 9.69. The molecule has 21 heavy (non-hydrogen) atoms. The summed E-state index contributed by atoms with van der Waals surface area (Å²) >= 11 is 0. The molecule has 1 aromatic carbocycles. The Balaban J connectivity index is 2.00. The van der Waals surface area contributed by atoms with Gasteiger partial charge in [-0.05, 0) is 39.5 Å². The molecule has 0 radical (unpaired) electrons. The Morgan fingerprint density at radius 3 is 2.05 bits per heavy atom. The Hall–Kier alpha value is -1.28. The third kappa shape index (κ3) is 1.81. The van der Waals surface area contributed by atoms with Crippen molar-refractivity contribution in [2.75, 3.05) is 18.2 Å². The van der Waals surface area contributed by atoms with E-state index in [9.17, 15) is 0 Å². The van der Waals surface area contributed by atoms with Gasteiger partial charge in [-0.25, -0.2) is 5.06 Å². The van der Waals surface area contributed by atoms with Crippen LogP contribution in [0.2, 0.25) is 0 Å². The van der Waals surface area contributed by atoms with E-state index in [1.54, 1.807) is 5.57 Å². The predicted molar refractivity (Wildman–Crippen MR) is 88.1 cm³/mol. The molecule has 0 unspecified atom stereocenters. The van der Waals surface area contributed by atoms with E-state index in [0.717, 1.165) is 12.2 Å². The van der Waals surface area contributed by atoms with E-state index in [-0.39, 0.29) is 16.2 Å². The Morgan fingerprint density at radius 1 is 0.857 bits per heavy atom. The van der Waals surface area contributed by atoms with Crippen LogP contribution in [-0.4, -0.2) is 13.2 Å². The molecule has 0 aromatic heterocycles. The number of para-hydroxylation sites is 1. The lowest BCUT2D eigenvalue weighted by Gasteiger charge is -2.46. The number of rotatable bonds is 1. The van der Waals surface area contributed by atoms with E-state index in [1.807, 2.05) is 6.07 Å². The summed E-state index contributed by atoms with van der Waals surface area (Å²) < 4.78 is 0. The monoisotopic (exact) mass is 285 g/mol. The first-order valence-corrected chi connectivity index (χ1v) is 7.88. The number of hydrogen-bond acceptors (Lipinski definition) is 2. The number of benzene rings is 1. The summed E-state index contributed by atoms with van der Waals surface area (Å²) in [5, 5.41) is 2.05. The van der Waals surface area contributed by atoms with Crippen molar-refractivity contribution in [3.63, 3.8) is 0 Å². The van der Waals surface area contributed by atoms with Gasteiger partial charge in [-0.1, -0.05) is 59.7 Å². The van der Waals surface area contributed by atoms with Crippen LogP contribution in [0.25, 0.3) is 0 Å². The average Bonchev–Trinajstić information content (AvgIpc) is 2.56. The van der Waals surface area contributed by atoms with Gasteiger partial charge < -0.3 is 0 Å². The minimum Gasteiger partial charge on any atom is -0.269 e. The van der Waals surface area contributed by atoms with Crippen molar-refractivity contribution in [3.8, 4) is 0 Å². The van der Waals surface area contributed by atoms with Crippen LogP contribution in [0.4, 0.5) is 5.69 Å². The molecule has 0 saturated heterocycles. The standard InChI is InChI=1S/C19H27NO/c1-17(2)15-12-20(14-10-8-7-9-11-14)21-13-16(15)18(3,4)19(17,5)6/h7-11H,12-13H2,1-6H3. The van der Waals surface area contributed by atoms with Crippen LogP contribution in [-0.2, 0) is 4.84 Å². The molecule has 0 spiro atoms. The molecule has 0 atom stereocenters. The van der Waals surface area contributed by atoms with Gasteiger partial charge in [-0.15, -0.1) is 0 Å². The molecular formula is C19H27NO. The van der Waals surface area contributed by atoms with Crippen LogP contribution in [0.3, 0.4) is 0 Å². The van der Waals surface area contributed by atoms with Crippen molar-refractivity contribution in [2.45, 2.75) is 41.5 Å². The van der Waals surface area contributed by atoms with Crippen LogP contribution >= 0.6 is 0 Å².